The lowest BCUT2D eigenvalue weighted by molar-refractivity contribution is -0.165. The first-order valence-corrected chi connectivity index (χ1v) is 21.7. The number of thioether (sulfide) groups is 1. The van der Waals surface area contributed by atoms with Gasteiger partial charge in [0, 0.05) is 23.7 Å². The summed E-state index contributed by atoms with van der Waals surface area (Å²) in [5.41, 5.74) is 0.702. The van der Waals surface area contributed by atoms with E-state index in [1.165, 1.54) is 25.8 Å². The van der Waals surface area contributed by atoms with Gasteiger partial charge in [-0.2, -0.15) is 0 Å². The van der Waals surface area contributed by atoms with Gasteiger partial charge in [0.1, 0.15) is 17.1 Å². The van der Waals surface area contributed by atoms with Crippen molar-refractivity contribution in [1.82, 2.24) is 0 Å². The molecule has 4 fully saturated rings. The van der Waals surface area contributed by atoms with Crippen LogP contribution in [0.5, 0.6) is 0 Å². The first-order valence-electron chi connectivity index (χ1n) is 17.9. The second kappa shape index (κ2) is 13.7. The van der Waals surface area contributed by atoms with Crippen LogP contribution in [-0.2, 0) is 28.3 Å². The van der Waals surface area contributed by atoms with E-state index in [9.17, 15) is 14.4 Å². The third kappa shape index (κ3) is 7.02. The van der Waals surface area contributed by atoms with E-state index < -0.39 is 19.0 Å². The molecule has 4 aliphatic rings. The lowest BCUT2D eigenvalue weighted by Gasteiger charge is -2.60. The molecule has 1 aromatic carbocycles. The summed E-state index contributed by atoms with van der Waals surface area (Å²) in [4.78, 5) is 40.7. The van der Waals surface area contributed by atoms with Crippen molar-refractivity contribution in [2.45, 2.75) is 134 Å². The molecule has 260 valence electrons. The summed E-state index contributed by atoms with van der Waals surface area (Å²) in [5.74, 6) is 1.66. The second-order valence-corrected chi connectivity index (χ2v) is 23.0. The maximum absolute atomic E-state index is 14.7. The van der Waals surface area contributed by atoms with E-state index in [1.54, 1.807) is 0 Å². The smallest absolute Gasteiger partial charge is 0.319 e. The quantitative estimate of drug-likeness (QED) is 0.111. The number of fused-ring (bicyclic) bond motifs is 5. The van der Waals surface area contributed by atoms with Gasteiger partial charge in [-0.15, -0.1) is 11.8 Å². The number of allylic oxidation sites excluding steroid dienone is 1. The Morgan fingerprint density at radius 2 is 1.74 bits per heavy atom. The highest BCUT2D eigenvalue weighted by atomic mass is 32.2. The Bertz CT molecular complexity index is 1350. The molecule has 8 heteroatoms. The number of methoxy groups -OCH3 is 1. The van der Waals surface area contributed by atoms with E-state index in [0.29, 0.717) is 42.3 Å². The van der Waals surface area contributed by atoms with E-state index in [1.807, 2.05) is 36.6 Å². The van der Waals surface area contributed by atoms with Crippen LogP contribution in [0.3, 0.4) is 0 Å². The monoisotopic (exact) mass is 682 g/mol. The van der Waals surface area contributed by atoms with Crippen molar-refractivity contribution in [3.8, 4) is 0 Å². The molecule has 0 heterocycles. The predicted octanol–water partition coefficient (Wildman–Crippen LogP) is 9.39. The molecule has 1 aromatic rings. The fraction of sp³-hybridized carbons (Fsp3) is 0.718. The number of Topliss-reactive ketones (excluding diaryl/α,β-unsaturated/α-hetero) is 1. The number of benzene rings is 1. The molecule has 4 aliphatic carbocycles. The van der Waals surface area contributed by atoms with Crippen molar-refractivity contribution in [2.24, 2.45) is 40.4 Å². The molecule has 47 heavy (non-hydrogen) atoms. The summed E-state index contributed by atoms with van der Waals surface area (Å²) >= 11 is 1.53. The largest absolute Gasteiger partial charge is 0.549 e. The van der Waals surface area contributed by atoms with E-state index in [-0.39, 0.29) is 34.4 Å². The van der Waals surface area contributed by atoms with Gasteiger partial charge in [0.05, 0.1) is 13.4 Å². The highest BCUT2D eigenvalue weighted by molar-refractivity contribution is 8.00. The summed E-state index contributed by atoms with van der Waals surface area (Å²) in [6, 6.07) is 10.0. The predicted molar refractivity (Wildman–Crippen MR) is 190 cm³/mol. The summed E-state index contributed by atoms with van der Waals surface area (Å²) < 4.78 is 17.8. The Labute approximate surface area is 288 Å². The Balaban J connectivity index is 1.45. The van der Waals surface area contributed by atoms with Crippen LogP contribution in [0.1, 0.15) is 99.3 Å². The zero-order chi connectivity index (χ0) is 34.4. The normalized spacial score (nSPS) is 34.8. The number of hydrogen-bond acceptors (Lipinski definition) is 7. The number of ketones is 1. The topological polar surface area (TPSA) is 78.9 Å². The minimum absolute atomic E-state index is 0.00708. The van der Waals surface area contributed by atoms with E-state index in [0.717, 1.165) is 55.4 Å². The molecule has 6 nitrogen and oxygen atoms in total. The SMILES string of the molecule is COC(=O)[C@@H](C/C(=C/O[Si](C)(C)C(C)(C)C)[C@H]1CC[C@H]2[C@@H]3CC[C@@H]4C[C@@H](OC(C)=O)CC[C@]4(C)[C@H]3CC(=O)[C@]12C)Sc1ccccc1. The molecular weight excluding hydrogens is 625 g/mol. The van der Waals surface area contributed by atoms with Crippen molar-refractivity contribution in [2.75, 3.05) is 7.11 Å². The maximum atomic E-state index is 14.7. The Hall–Kier alpha value is -2.06. The Morgan fingerprint density at radius 1 is 1.04 bits per heavy atom. The van der Waals surface area contributed by atoms with Gasteiger partial charge in [0.2, 0.25) is 8.32 Å². The van der Waals surface area contributed by atoms with Gasteiger partial charge >= 0.3 is 11.9 Å². The highest BCUT2D eigenvalue weighted by Crippen LogP contribution is 2.67. The van der Waals surface area contributed by atoms with Crippen molar-refractivity contribution in [3.63, 3.8) is 0 Å². The Morgan fingerprint density at radius 3 is 2.38 bits per heavy atom. The molecule has 0 unspecified atom stereocenters. The molecular formula is C39H58O6SSi. The molecule has 0 bridgehead atoms. The molecule has 0 aliphatic heterocycles. The standard InChI is InChI=1S/C39H58O6SSi/c1-25(40)45-28-19-20-38(5)27(22-28)15-16-30-32-18-17-31(39(32,6)35(41)23-33(30)38)26(24-44-47(8,9)37(2,3)4)21-34(36(42)43-7)46-29-13-11-10-12-14-29/h10-14,24,27-28,30-34H,15-23H2,1-9H3/b26-24-/t27-,28+,30+,31-,32+,33+,34-,38+,39-/m1/s1. The van der Waals surface area contributed by atoms with Crippen molar-refractivity contribution in [1.29, 1.82) is 0 Å². The molecule has 5 rings (SSSR count). The molecule has 0 spiro atoms. The van der Waals surface area contributed by atoms with Gasteiger partial charge in [-0.1, -0.05) is 52.8 Å². The summed E-state index contributed by atoms with van der Waals surface area (Å²) in [6.07, 6.45) is 10.2. The van der Waals surface area contributed by atoms with Crippen LogP contribution in [0.25, 0.3) is 0 Å². The fourth-order valence-corrected chi connectivity index (χ4v) is 11.6. The van der Waals surface area contributed by atoms with Gasteiger partial charge in [0.25, 0.3) is 0 Å². The van der Waals surface area contributed by atoms with Crippen LogP contribution in [0, 0.1) is 40.4 Å². The minimum atomic E-state index is -2.15. The van der Waals surface area contributed by atoms with Gasteiger partial charge in [-0.25, -0.2) is 0 Å². The van der Waals surface area contributed by atoms with Crippen LogP contribution in [0.2, 0.25) is 18.1 Å². The molecule has 9 atom stereocenters. The molecule has 0 radical (unpaired) electrons. The zero-order valence-corrected chi connectivity index (χ0v) is 32.0. The van der Waals surface area contributed by atoms with Crippen LogP contribution in [-0.4, -0.2) is 44.5 Å². The molecule has 0 N–H and O–H groups in total. The van der Waals surface area contributed by atoms with Crippen molar-refractivity contribution >= 4 is 37.8 Å². The minimum Gasteiger partial charge on any atom is -0.549 e. The van der Waals surface area contributed by atoms with Crippen LogP contribution >= 0.6 is 11.8 Å². The third-order valence-corrected chi connectivity index (χ3v) is 19.0. The molecule has 0 amide bonds. The third-order valence-electron chi connectivity index (χ3n) is 13.5. The van der Waals surface area contributed by atoms with E-state index >= 15 is 0 Å². The zero-order valence-electron chi connectivity index (χ0n) is 30.2. The summed E-state index contributed by atoms with van der Waals surface area (Å²) in [5, 5.41) is -0.416. The van der Waals surface area contributed by atoms with Crippen LogP contribution in [0.15, 0.2) is 47.1 Å². The number of hydrogen-bond donors (Lipinski definition) is 0. The molecule has 0 aromatic heterocycles. The average molecular weight is 683 g/mol. The van der Waals surface area contributed by atoms with Gasteiger partial charge in [-0.05, 0) is 122 Å². The van der Waals surface area contributed by atoms with E-state index in [4.69, 9.17) is 13.9 Å². The van der Waals surface area contributed by atoms with Gasteiger partial charge in [0.15, 0.2) is 0 Å². The average Bonchev–Trinajstić information content (AvgIpc) is 3.37. The first kappa shape index (κ1) is 36.2. The molecule has 4 saturated carbocycles. The van der Waals surface area contributed by atoms with Gasteiger partial charge in [-0.3, -0.25) is 14.4 Å². The second-order valence-electron chi connectivity index (χ2n) is 16.9. The van der Waals surface area contributed by atoms with Crippen LogP contribution in [0.4, 0.5) is 0 Å². The van der Waals surface area contributed by atoms with Crippen molar-refractivity contribution in [3.05, 3.63) is 42.2 Å². The lowest BCUT2D eigenvalue weighted by atomic mass is 9.44. The van der Waals surface area contributed by atoms with Crippen LogP contribution < -0.4 is 0 Å². The maximum Gasteiger partial charge on any atom is 0.319 e. The lowest BCUT2D eigenvalue weighted by Crippen LogP contribution is -2.57. The number of rotatable bonds is 9. The summed E-state index contributed by atoms with van der Waals surface area (Å²) in [7, 11) is -0.690. The summed E-state index contributed by atoms with van der Waals surface area (Å²) in [6.45, 7) is 17.4. The highest BCUT2D eigenvalue weighted by Gasteiger charge is 2.64. The van der Waals surface area contributed by atoms with Gasteiger partial charge < -0.3 is 13.9 Å². The number of carbonyl (C=O) groups excluding carboxylic acids is 3. The van der Waals surface area contributed by atoms with E-state index in [2.05, 4.69) is 47.7 Å². The Kier molecular flexibility index (Phi) is 10.5. The van der Waals surface area contributed by atoms with Crippen molar-refractivity contribution < 1.29 is 28.3 Å². The number of ether oxygens (including phenoxy) is 2. The fourth-order valence-electron chi connectivity index (χ4n) is 9.72. The number of esters is 2. The number of carbonyl (C=O) groups is 3. The molecule has 0 saturated heterocycles. The first-order chi connectivity index (χ1) is 22.0.